The smallest absolute Gasteiger partial charge is 0.341 e. The van der Waals surface area contributed by atoms with E-state index in [1.165, 1.54) is 30.4 Å². The number of nitrogens with zero attached hydrogens (tertiary/aromatic N) is 1. The van der Waals surface area contributed by atoms with Crippen molar-refractivity contribution in [1.82, 2.24) is 0 Å². The van der Waals surface area contributed by atoms with Gasteiger partial charge in [0, 0.05) is 35.1 Å². The fourth-order valence-corrected chi connectivity index (χ4v) is 5.06. The van der Waals surface area contributed by atoms with Gasteiger partial charge in [-0.25, -0.2) is 4.79 Å². The molecule has 10 heteroatoms. The Balaban J connectivity index is 1.61. The van der Waals surface area contributed by atoms with E-state index in [-0.39, 0.29) is 31.6 Å². The highest BCUT2D eigenvalue weighted by Crippen LogP contribution is 2.39. The van der Waals surface area contributed by atoms with Crippen LogP contribution >= 0.6 is 11.3 Å². The van der Waals surface area contributed by atoms with Crippen LogP contribution in [0.4, 0.5) is 10.7 Å². The third-order valence-corrected chi connectivity index (χ3v) is 6.21. The van der Waals surface area contributed by atoms with Crippen LogP contribution in [0.5, 0.6) is 5.75 Å². The number of aryl methyl sites for hydroxylation is 1. The highest BCUT2D eigenvalue weighted by molar-refractivity contribution is 7.17. The number of nitro groups is 1. The largest absolute Gasteiger partial charge is 0.467 e. The molecule has 1 aliphatic carbocycles. The van der Waals surface area contributed by atoms with Gasteiger partial charge in [-0.05, 0) is 31.2 Å². The van der Waals surface area contributed by atoms with Crippen molar-refractivity contribution in [1.29, 1.82) is 0 Å². The molecular formula is C20H20N2O7S. The summed E-state index contributed by atoms with van der Waals surface area (Å²) in [6, 6.07) is 2.74. The molecule has 0 saturated carbocycles. The first-order chi connectivity index (χ1) is 14.4. The van der Waals surface area contributed by atoms with E-state index in [0.29, 0.717) is 27.4 Å². The number of nitro benzene ring substituents is 1. The molecule has 4 rings (SSSR count). The molecule has 9 nitrogen and oxygen atoms in total. The van der Waals surface area contributed by atoms with Crippen LogP contribution in [-0.2, 0) is 40.3 Å². The number of amides is 1. The summed E-state index contributed by atoms with van der Waals surface area (Å²) in [5.74, 6) is -0.386. The third kappa shape index (κ3) is 4.01. The predicted molar refractivity (Wildman–Crippen MR) is 108 cm³/mol. The van der Waals surface area contributed by atoms with Gasteiger partial charge in [0.15, 0.2) is 6.79 Å². The summed E-state index contributed by atoms with van der Waals surface area (Å²) in [5, 5.41) is 14.5. The van der Waals surface area contributed by atoms with E-state index in [4.69, 9.17) is 14.2 Å². The number of thiophene rings is 1. The molecule has 2 aliphatic rings. The van der Waals surface area contributed by atoms with Gasteiger partial charge in [-0.15, -0.1) is 11.3 Å². The van der Waals surface area contributed by atoms with Gasteiger partial charge in [-0.2, -0.15) is 0 Å². The number of ether oxygens (including phenoxy) is 3. The number of benzene rings is 1. The maximum absolute atomic E-state index is 13.0. The number of hydrogen-bond acceptors (Lipinski definition) is 8. The van der Waals surface area contributed by atoms with Crippen LogP contribution in [0.25, 0.3) is 0 Å². The maximum Gasteiger partial charge on any atom is 0.341 e. The molecule has 0 radical (unpaired) electrons. The Morgan fingerprint density at radius 1 is 1.30 bits per heavy atom. The van der Waals surface area contributed by atoms with Crippen LogP contribution in [0.3, 0.4) is 0 Å². The summed E-state index contributed by atoms with van der Waals surface area (Å²) >= 11 is 1.41. The fourth-order valence-electron chi connectivity index (χ4n) is 3.74. The monoisotopic (exact) mass is 432 g/mol. The normalized spacial score (nSPS) is 14.8. The third-order valence-electron chi connectivity index (χ3n) is 5.01. The standard InChI is InChI=1S/C20H20N2O7S/c1-11(23)21-19-17(15-4-2-3-5-16(15)30-19)20(24)28-9-13-7-14(22(25)26)6-12-8-27-10-29-18(12)13/h6-7H,2-5,8-10H2,1H3,(H,21,23). The van der Waals surface area contributed by atoms with Crippen molar-refractivity contribution in [2.24, 2.45) is 0 Å². The molecule has 1 aromatic heterocycles. The first-order valence-electron chi connectivity index (χ1n) is 9.54. The lowest BCUT2D eigenvalue weighted by Gasteiger charge is -2.20. The van der Waals surface area contributed by atoms with Crippen molar-refractivity contribution in [3.63, 3.8) is 0 Å². The molecule has 0 fully saturated rings. The molecule has 1 amide bonds. The zero-order valence-electron chi connectivity index (χ0n) is 16.3. The van der Waals surface area contributed by atoms with Crippen molar-refractivity contribution in [3.05, 3.63) is 49.4 Å². The zero-order chi connectivity index (χ0) is 21.3. The van der Waals surface area contributed by atoms with Crippen LogP contribution in [-0.4, -0.2) is 23.6 Å². The fraction of sp³-hybridized carbons (Fsp3) is 0.400. The Morgan fingerprint density at radius 2 is 2.10 bits per heavy atom. The summed E-state index contributed by atoms with van der Waals surface area (Å²) in [4.78, 5) is 36.4. The Morgan fingerprint density at radius 3 is 2.87 bits per heavy atom. The molecule has 0 spiro atoms. The summed E-state index contributed by atoms with van der Waals surface area (Å²) in [7, 11) is 0. The van der Waals surface area contributed by atoms with Crippen molar-refractivity contribution in [2.75, 3.05) is 12.1 Å². The molecule has 1 aromatic carbocycles. The van der Waals surface area contributed by atoms with Gasteiger partial charge in [0.25, 0.3) is 5.69 Å². The van der Waals surface area contributed by atoms with E-state index in [1.807, 2.05) is 0 Å². The molecule has 2 heterocycles. The van der Waals surface area contributed by atoms with Crippen molar-refractivity contribution < 1.29 is 28.7 Å². The van der Waals surface area contributed by atoms with E-state index < -0.39 is 10.9 Å². The van der Waals surface area contributed by atoms with Crippen LogP contribution in [0, 0.1) is 10.1 Å². The predicted octanol–water partition coefficient (Wildman–Crippen LogP) is 3.72. The van der Waals surface area contributed by atoms with Gasteiger partial charge in [-0.3, -0.25) is 14.9 Å². The van der Waals surface area contributed by atoms with Gasteiger partial charge < -0.3 is 19.5 Å². The molecule has 1 N–H and O–H groups in total. The minimum atomic E-state index is -0.564. The van der Waals surface area contributed by atoms with Gasteiger partial charge in [0.05, 0.1) is 17.1 Å². The molecule has 1 aliphatic heterocycles. The highest BCUT2D eigenvalue weighted by atomic mass is 32.1. The molecule has 2 aromatic rings. The second kappa shape index (κ2) is 8.41. The number of fused-ring (bicyclic) bond motifs is 2. The lowest BCUT2D eigenvalue weighted by atomic mass is 9.95. The van der Waals surface area contributed by atoms with Crippen molar-refractivity contribution in [2.45, 2.75) is 45.8 Å². The molecule has 0 bridgehead atoms. The Kier molecular flexibility index (Phi) is 5.69. The van der Waals surface area contributed by atoms with Gasteiger partial charge >= 0.3 is 5.97 Å². The molecule has 0 saturated heterocycles. The van der Waals surface area contributed by atoms with Gasteiger partial charge in [0.1, 0.15) is 17.4 Å². The molecular weight excluding hydrogens is 412 g/mol. The van der Waals surface area contributed by atoms with Crippen LogP contribution in [0.1, 0.15) is 51.7 Å². The van der Waals surface area contributed by atoms with Crippen LogP contribution < -0.4 is 10.1 Å². The summed E-state index contributed by atoms with van der Waals surface area (Å²) in [6.45, 7) is 1.41. The number of anilines is 1. The Labute approximate surface area is 176 Å². The highest BCUT2D eigenvalue weighted by Gasteiger charge is 2.28. The van der Waals surface area contributed by atoms with Crippen LogP contribution in [0.2, 0.25) is 0 Å². The Hall–Kier alpha value is -2.98. The average molecular weight is 432 g/mol. The minimum absolute atomic E-state index is 0.0243. The summed E-state index contributed by atoms with van der Waals surface area (Å²) < 4.78 is 16.2. The van der Waals surface area contributed by atoms with E-state index in [1.54, 1.807) is 0 Å². The second-order valence-electron chi connectivity index (χ2n) is 7.13. The first kappa shape index (κ1) is 20.3. The molecule has 0 unspecified atom stereocenters. The summed E-state index contributed by atoms with van der Waals surface area (Å²) in [5.41, 5.74) is 2.12. The van der Waals surface area contributed by atoms with Crippen molar-refractivity contribution in [3.8, 4) is 5.75 Å². The second-order valence-corrected chi connectivity index (χ2v) is 8.24. The van der Waals surface area contributed by atoms with E-state index in [0.717, 1.165) is 36.1 Å². The number of hydrogen-bond donors (Lipinski definition) is 1. The number of esters is 1. The zero-order valence-corrected chi connectivity index (χ0v) is 17.1. The van der Waals surface area contributed by atoms with E-state index >= 15 is 0 Å². The topological polar surface area (TPSA) is 117 Å². The van der Waals surface area contributed by atoms with Gasteiger partial charge in [-0.1, -0.05) is 0 Å². The molecule has 158 valence electrons. The van der Waals surface area contributed by atoms with Gasteiger partial charge in [0.2, 0.25) is 5.91 Å². The first-order valence-corrected chi connectivity index (χ1v) is 10.4. The lowest BCUT2D eigenvalue weighted by Crippen LogP contribution is -2.16. The number of rotatable bonds is 5. The van der Waals surface area contributed by atoms with E-state index in [2.05, 4.69) is 5.32 Å². The average Bonchev–Trinajstić information content (AvgIpc) is 3.08. The lowest BCUT2D eigenvalue weighted by molar-refractivity contribution is -0.385. The van der Waals surface area contributed by atoms with Crippen LogP contribution in [0.15, 0.2) is 12.1 Å². The number of carbonyl (C=O) groups excluding carboxylic acids is 2. The minimum Gasteiger partial charge on any atom is -0.467 e. The number of nitrogens with one attached hydrogen (secondary N) is 1. The maximum atomic E-state index is 13.0. The Bertz CT molecular complexity index is 1030. The number of non-ortho nitro benzene ring substituents is 1. The SMILES string of the molecule is CC(=O)Nc1sc2c(c1C(=O)OCc1cc([N+](=O)[O-])cc3c1OCOC3)CCCC2. The molecule has 30 heavy (non-hydrogen) atoms. The van der Waals surface area contributed by atoms with E-state index in [9.17, 15) is 19.7 Å². The number of carbonyl (C=O) groups is 2. The van der Waals surface area contributed by atoms with Crippen molar-refractivity contribution >= 4 is 33.9 Å². The quantitative estimate of drug-likeness (QED) is 0.435. The summed E-state index contributed by atoms with van der Waals surface area (Å²) in [6.07, 6.45) is 3.63. The molecule has 0 atom stereocenters.